The molecule has 3 heterocycles. The Balaban J connectivity index is 1.09. The highest BCUT2D eigenvalue weighted by atomic mass is 32.1. The molecule has 270 valence electrons. The maximum Gasteiger partial charge on any atom is 0.0538 e. The van der Waals surface area contributed by atoms with Crippen molar-refractivity contribution in [2.45, 2.75) is 25.7 Å². The second-order valence-corrected chi connectivity index (χ2v) is 16.6. The van der Waals surface area contributed by atoms with E-state index in [4.69, 9.17) is 0 Å². The lowest BCUT2D eigenvalue weighted by Gasteiger charge is -2.20. The van der Waals surface area contributed by atoms with E-state index in [1.54, 1.807) is 0 Å². The van der Waals surface area contributed by atoms with Gasteiger partial charge >= 0.3 is 0 Å². The molecule has 2 atom stereocenters. The zero-order valence-electron chi connectivity index (χ0n) is 31.8. The molecule has 0 spiro atoms. The van der Waals surface area contributed by atoms with E-state index in [-0.39, 0.29) is 11.8 Å². The molecule has 2 nitrogen and oxygen atoms in total. The SMILES string of the molecule is C/C=C\c1c(C)c2c(n1-c1ccc3sc4ccc(-n5c6c(c7ccccc75)-c5ccccc5C6c5ccccc5)cc4c3c1)C(c1ccccc1)c1ccccc1-2. The van der Waals surface area contributed by atoms with Gasteiger partial charge in [0, 0.05) is 65.1 Å². The maximum absolute atomic E-state index is 2.56. The monoisotopic (exact) mass is 746 g/mol. The van der Waals surface area contributed by atoms with Gasteiger partial charge in [-0.15, -0.1) is 11.3 Å². The summed E-state index contributed by atoms with van der Waals surface area (Å²) >= 11 is 1.89. The van der Waals surface area contributed by atoms with E-state index < -0.39 is 0 Å². The van der Waals surface area contributed by atoms with Crippen molar-refractivity contribution in [1.29, 1.82) is 0 Å². The quantitative estimate of drug-likeness (QED) is 0.166. The first-order valence-corrected chi connectivity index (χ1v) is 20.8. The predicted molar refractivity (Wildman–Crippen MR) is 241 cm³/mol. The first-order valence-electron chi connectivity index (χ1n) is 20.0. The highest BCUT2D eigenvalue weighted by Gasteiger charge is 2.38. The number of hydrogen-bond donors (Lipinski definition) is 0. The van der Waals surface area contributed by atoms with Crippen LogP contribution in [0.25, 0.3) is 70.8 Å². The summed E-state index contributed by atoms with van der Waals surface area (Å²) in [6.45, 7) is 4.44. The minimum Gasteiger partial charge on any atom is -0.312 e. The standard InChI is InChI=1S/C54H38N2S/c1-3-16-45-33(2)49-38-21-10-11-22-39(38)50(34-17-6-4-7-18-34)53(49)55(45)36-27-29-47-43(31-36)44-32-37(28-30-48(44)57-47)56-46-26-15-14-25-42(46)52-41-24-13-12-23-40(41)51(54(52)56)35-19-8-5-9-20-35/h3-32,50-51H,1-2H3/b16-3-. The first kappa shape index (κ1) is 32.6. The molecule has 0 bridgehead atoms. The van der Waals surface area contributed by atoms with Crippen LogP contribution in [0.3, 0.4) is 0 Å². The molecule has 0 saturated carbocycles. The molecule has 0 radical (unpaired) electrons. The molecule has 12 rings (SSSR count). The molecule has 2 unspecified atom stereocenters. The van der Waals surface area contributed by atoms with Crippen LogP contribution in [0.15, 0.2) is 176 Å². The van der Waals surface area contributed by atoms with Gasteiger partial charge in [0.15, 0.2) is 0 Å². The Morgan fingerprint density at radius 2 is 1.00 bits per heavy atom. The number of fused-ring (bicyclic) bond motifs is 11. The largest absolute Gasteiger partial charge is 0.312 e. The fraction of sp³-hybridized carbons (Fsp3) is 0.0741. The molecule has 7 aromatic carbocycles. The number of para-hydroxylation sites is 1. The molecule has 3 aromatic heterocycles. The summed E-state index contributed by atoms with van der Waals surface area (Å²) in [7, 11) is 0. The Hall–Kier alpha value is -6.68. The van der Waals surface area contributed by atoms with Gasteiger partial charge in [-0.1, -0.05) is 133 Å². The summed E-state index contributed by atoms with van der Waals surface area (Å²) in [5.41, 5.74) is 19.7. The number of benzene rings is 7. The fourth-order valence-corrected chi connectivity index (χ4v) is 11.4. The molecule has 3 heteroatoms. The number of hydrogen-bond acceptors (Lipinski definition) is 1. The normalized spacial score (nSPS) is 15.5. The molecule has 2 aliphatic rings. The van der Waals surface area contributed by atoms with Crippen LogP contribution in [0, 0.1) is 6.92 Å². The number of thiophene rings is 1. The molecule has 0 saturated heterocycles. The van der Waals surface area contributed by atoms with Gasteiger partial charge < -0.3 is 9.13 Å². The van der Waals surface area contributed by atoms with E-state index >= 15 is 0 Å². The Morgan fingerprint density at radius 1 is 0.491 bits per heavy atom. The fourth-order valence-electron chi connectivity index (χ4n) is 10.3. The molecule has 0 fully saturated rings. The van der Waals surface area contributed by atoms with Crippen LogP contribution in [0.4, 0.5) is 0 Å². The van der Waals surface area contributed by atoms with E-state index in [0.29, 0.717) is 0 Å². The summed E-state index contributed by atoms with van der Waals surface area (Å²) in [5.74, 6) is 0.277. The Morgan fingerprint density at radius 3 is 1.61 bits per heavy atom. The minimum absolute atomic E-state index is 0.136. The average molecular weight is 747 g/mol. The van der Waals surface area contributed by atoms with Crippen molar-refractivity contribution in [3.63, 3.8) is 0 Å². The third-order valence-corrected chi connectivity index (χ3v) is 13.7. The minimum atomic E-state index is 0.136. The van der Waals surface area contributed by atoms with Gasteiger partial charge in [0.05, 0.1) is 17.4 Å². The summed E-state index contributed by atoms with van der Waals surface area (Å²) in [4.78, 5) is 0. The second-order valence-electron chi connectivity index (χ2n) is 15.5. The number of allylic oxidation sites excluding steroid dienone is 1. The molecule has 57 heavy (non-hydrogen) atoms. The van der Waals surface area contributed by atoms with Crippen molar-refractivity contribution in [2.24, 2.45) is 0 Å². The van der Waals surface area contributed by atoms with Crippen molar-refractivity contribution in [1.82, 2.24) is 9.13 Å². The Labute approximate surface area is 336 Å². The number of rotatable bonds is 5. The van der Waals surface area contributed by atoms with E-state index in [1.165, 1.54) is 110 Å². The van der Waals surface area contributed by atoms with Gasteiger partial charge in [-0.05, 0) is 101 Å². The molecular formula is C54H38N2S. The topological polar surface area (TPSA) is 9.86 Å². The lowest BCUT2D eigenvalue weighted by molar-refractivity contribution is 0.880. The highest BCUT2D eigenvalue weighted by molar-refractivity contribution is 7.25. The third-order valence-electron chi connectivity index (χ3n) is 12.6. The average Bonchev–Trinajstić information content (AvgIpc) is 4.04. The van der Waals surface area contributed by atoms with Crippen molar-refractivity contribution in [3.05, 3.63) is 221 Å². The second kappa shape index (κ2) is 12.4. The van der Waals surface area contributed by atoms with Crippen molar-refractivity contribution >= 4 is 48.5 Å². The predicted octanol–water partition coefficient (Wildman–Crippen LogP) is 14.5. The Bertz CT molecular complexity index is 3260. The van der Waals surface area contributed by atoms with Crippen molar-refractivity contribution in [2.75, 3.05) is 0 Å². The molecule has 2 aliphatic carbocycles. The maximum atomic E-state index is 2.56. The van der Waals surface area contributed by atoms with E-state index in [2.05, 4.69) is 205 Å². The first-order chi connectivity index (χ1) is 28.2. The summed E-state index contributed by atoms with van der Waals surface area (Å²) in [6, 6.07) is 63.4. The van der Waals surface area contributed by atoms with Crippen molar-refractivity contribution < 1.29 is 0 Å². The lowest BCUT2D eigenvalue weighted by atomic mass is 9.91. The lowest BCUT2D eigenvalue weighted by Crippen LogP contribution is -2.08. The van der Waals surface area contributed by atoms with Gasteiger partial charge in [-0.25, -0.2) is 0 Å². The van der Waals surface area contributed by atoms with Gasteiger partial charge in [0.1, 0.15) is 0 Å². The Kier molecular flexibility index (Phi) is 7.09. The van der Waals surface area contributed by atoms with Crippen molar-refractivity contribution in [3.8, 4) is 33.6 Å². The van der Waals surface area contributed by atoms with Crippen LogP contribution in [0.5, 0.6) is 0 Å². The van der Waals surface area contributed by atoms with E-state index in [1.807, 2.05) is 11.3 Å². The van der Waals surface area contributed by atoms with Gasteiger partial charge in [0.2, 0.25) is 0 Å². The van der Waals surface area contributed by atoms with Crippen LogP contribution in [0.1, 0.15) is 63.7 Å². The summed E-state index contributed by atoms with van der Waals surface area (Å²) < 4.78 is 7.73. The van der Waals surface area contributed by atoms with Crippen LogP contribution in [-0.4, -0.2) is 9.13 Å². The van der Waals surface area contributed by atoms with E-state index in [0.717, 1.165) is 0 Å². The van der Waals surface area contributed by atoms with Gasteiger partial charge in [-0.3, -0.25) is 0 Å². The molecule has 0 N–H and O–H groups in total. The van der Waals surface area contributed by atoms with E-state index in [9.17, 15) is 0 Å². The molecule has 10 aromatic rings. The molecular weight excluding hydrogens is 709 g/mol. The summed E-state index contributed by atoms with van der Waals surface area (Å²) in [5, 5.41) is 3.89. The summed E-state index contributed by atoms with van der Waals surface area (Å²) in [6.07, 6.45) is 4.48. The smallest absolute Gasteiger partial charge is 0.0538 e. The van der Waals surface area contributed by atoms with Crippen LogP contribution >= 0.6 is 11.3 Å². The molecule has 0 aliphatic heterocycles. The zero-order chi connectivity index (χ0) is 37.8. The van der Waals surface area contributed by atoms with Crippen LogP contribution in [0.2, 0.25) is 0 Å². The zero-order valence-corrected chi connectivity index (χ0v) is 32.6. The van der Waals surface area contributed by atoms with Crippen LogP contribution in [-0.2, 0) is 0 Å². The highest BCUT2D eigenvalue weighted by Crippen LogP contribution is 2.55. The third kappa shape index (κ3) is 4.58. The number of aromatic nitrogens is 2. The molecule has 0 amide bonds. The van der Waals surface area contributed by atoms with Crippen LogP contribution < -0.4 is 0 Å². The van der Waals surface area contributed by atoms with Gasteiger partial charge in [0.25, 0.3) is 0 Å². The van der Waals surface area contributed by atoms with Gasteiger partial charge in [-0.2, -0.15) is 0 Å². The number of nitrogens with zero attached hydrogens (tertiary/aromatic N) is 2.